The van der Waals surface area contributed by atoms with Gasteiger partial charge in [-0.3, -0.25) is 0 Å². The molecule has 0 heterocycles. The quantitative estimate of drug-likeness (QED) is 0.532. The largest absolute Gasteiger partial charge is 0.514 e. The van der Waals surface area contributed by atoms with Gasteiger partial charge in [-0.2, -0.15) is 5.26 Å². The molecule has 12 heavy (non-hydrogen) atoms. The van der Waals surface area contributed by atoms with E-state index in [9.17, 15) is 0 Å². The van der Waals surface area contributed by atoms with Crippen molar-refractivity contribution in [3.8, 4) is 6.07 Å². The standard InChI is InChI=1S/C9H6ClNO/c10-9-3-1-7(2-4-9)8(5-11)6-12/h1-4,6,12H. The lowest BCUT2D eigenvalue weighted by atomic mass is 10.1. The highest BCUT2D eigenvalue weighted by atomic mass is 35.5. The Kier molecular flexibility index (Phi) is 2.73. The first-order valence-electron chi connectivity index (χ1n) is 3.28. The van der Waals surface area contributed by atoms with E-state index < -0.39 is 0 Å². The van der Waals surface area contributed by atoms with E-state index in [1.807, 2.05) is 6.07 Å². The minimum absolute atomic E-state index is 0.228. The first-order chi connectivity index (χ1) is 5.77. The van der Waals surface area contributed by atoms with E-state index in [-0.39, 0.29) is 5.57 Å². The van der Waals surface area contributed by atoms with E-state index >= 15 is 0 Å². The third kappa shape index (κ3) is 1.77. The van der Waals surface area contributed by atoms with Gasteiger partial charge in [0.05, 0.1) is 11.8 Å². The molecule has 0 fully saturated rings. The Morgan fingerprint density at radius 3 is 2.42 bits per heavy atom. The molecule has 2 nitrogen and oxygen atoms in total. The van der Waals surface area contributed by atoms with Gasteiger partial charge < -0.3 is 5.11 Å². The maximum atomic E-state index is 8.63. The van der Waals surface area contributed by atoms with Gasteiger partial charge in [-0.1, -0.05) is 23.7 Å². The van der Waals surface area contributed by atoms with Crippen LogP contribution in [0.1, 0.15) is 5.56 Å². The van der Waals surface area contributed by atoms with Crippen molar-refractivity contribution in [3.63, 3.8) is 0 Å². The van der Waals surface area contributed by atoms with Gasteiger partial charge >= 0.3 is 0 Å². The van der Waals surface area contributed by atoms with E-state index in [4.69, 9.17) is 22.0 Å². The zero-order valence-corrected chi connectivity index (χ0v) is 6.92. The average molecular weight is 180 g/mol. The fourth-order valence-corrected chi connectivity index (χ4v) is 0.923. The second-order valence-electron chi connectivity index (χ2n) is 2.16. The molecule has 0 aliphatic heterocycles. The van der Waals surface area contributed by atoms with Crippen molar-refractivity contribution >= 4 is 17.2 Å². The van der Waals surface area contributed by atoms with Crippen molar-refractivity contribution in [2.24, 2.45) is 0 Å². The topological polar surface area (TPSA) is 44.0 Å². The number of hydrogen-bond donors (Lipinski definition) is 1. The molecule has 0 saturated carbocycles. The number of nitriles is 1. The maximum Gasteiger partial charge on any atom is 0.103 e. The average Bonchev–Trinajstić information content (AvgIpc) is 2.10. The van der Waals surface area contributed by atoms with Crippen molar-refractivity contribution in [2.75, 3.05) is 0 Å². The molecule has 0 saturated heterocycles. The lowest BCUT2D eigenvalue weighted by molar-refractivity contribution is 0.476. The maximum absolute atomic E-state index is 8.63. The van der Waals surface area contributed by atoms with Crippen molar-refractivity contribution in [1.82, 2.24) is 0 Å². The summed E-state index contributed by atoms with van der Waals surface area (Å²) in [5.74, 6) is 0. The normalized spacial score (nSPS) is 10.8. The molecule has 0 bridgehead atoms. The van der Waals surface area contributed by atoms with Crippen molar-refractivity contribution in [3.05, 3.63) is 41.1 Å². The first kappa shape index (κ1) is 8.63. The second kappa shape index (κ2) is 3.80. The molecule has 1 N–H and O–H groups in total. The molecular weight excluding hydrogens is 174 g/mol. The number of hydrogen-bond acceptors (Lipinski definition) is 2. The molecule has 3 heteroatoms. The van der Waals surface area contributed by atoms with Gasteiger partial charge in [-0.05, 0) is 17.7 Å². The summed E-state index contributed by atoms with van der Waals surface area (Å²) in [7, 11) is 0. The Hall–Kier alpha value is -1.46. The summed E-state index contributed by atoms with van der Waals surface area (Å²) in [5, 5.41) is 17.8. The Balaban J connectivity index is 3.06. The van der Waals surface area contributed by atoms with Crippen LogP contribution in [-0.4, -0.2) is 5.11 Å². The summed E-state index contributed by atoms with van der Waals surface area (Å²) in [6, 6.07) is 8.53. The summed E-state index contributed by atoms with van der Waals surface area (Å²) in [4.78, 5) is 0. The van der Waals surface area contributed by atoms with Crippen molar-refractivity contribution in [1.29, 1.82) is 5.26 Å². The van der Waals surface area contributed by atoms with Crippen LogP contribution in [0, 0.1) is 11.3 Å². The van der Waals surface area contributed by atoms with Crippen LogP contribution in [0.25, 0.3) is 5.57 Å². The van der Waals surface area contributed by atoms with Crippen LogP contribution in [-0.2, 0) is 0 Å². The predicted octanol–water partition coefficient (Wildman–Crippen LogP) is 2.76. The van der Waals surface area contributed by atoms with Crippen LogP contribution in [0.3, 0.4) is 0 Å². The van der Waals surface area contributed by atoms with Crippen molar-refractivity contribution < 1.29 is 5.11 Å². The molecule has 1 aromatic rings. The van der Waals surface area contributed by atoms with Gasteiger partial charge in [0.15, 0.2) is 0 Å². The number of aliphatic hydroxyl groups excluding tert-OH is 1. The Bertz CT molecular complexity index is 335. The Labute approximate surface area is 75.3 Å². The van der Waals surface area contributed by atoms with Gasteiger partial charge in [0.1, 0.15) is 6.07 Å². The zero-order chi connectivity index (χ0) is 8.97. The number of allylic oxidation sites excluding steroid dienone is 1. The van der Waals surface area contributed by atoms with Gasteiger partial charge in [0.25, 0.3) is 0 Å². The van der Waals surface area contributed by atoms with Gasteiger partial charge in [0, 0.05) is 5.02 Å². The molecule has 1 rings (SSSR count). The van der Waals surface area contributed by atoms with Crippen LogP contribution < -0.4 is 0 Å². The summed E-state index contributed by atoms with van der Waals surface area (Å²) in [6.45, 7) is 0. The van der Waals surface area contributed by atoms with E-state index in [0.717, 1.165) is 6.26 Å². The summed E-state index contributed by atoms with van der Waals surface area (Å²) >= 11 is 5.64. The monoisotopic (exact) mass is 179 g/mol. The molecule has 1 aromatic carbocycles. The molecule has 0 aliphatic carbocycles. The lowest BCUT2D eigenvalue weighted by Crippen LogP contribution is -1.79. The molecule has 0 unspecified atom stereocenters. The smallest absolute Gasteiger partial charge is 0.103 e. The number of halogens is 1. The summed E-state index contributed by atoms with van der Waals surface area (Å²) in [5.41, 5.74) is 0.885. The van der Waals surface area contributed by atoms with Crippen LogP contribution in [0.4, 0.5) is 0 Å². The predicted molar refractivity (Wildman–Crippen MR) is 47.7 cm³/mol. The van der Waals surface area contributed by atoms with Crippen LogP contribution in [0.5, 0.6) is 0 Å². The van der Waals surface area contributed by atoms with E-state index in [1.165, 1.54) is 0 Å². The number of nitrogens with zero attached hydrogens (tertiary/aromatic N) is 1. The third-order valence-corrected chi connectivity index (χ3v) is 1.66. The van der Waals surface area contributed by atoms with E-state index in [1.54, 1.807) is 24.3 Å². The summed E-state index contributed by atoms with van der Waals surface area (Å²) < 4.78 is 0. The Morgan fingerprint density at radius 1 is 1.42 bits per heavy atom. The van der Waals surface area contributed by atoms with Crippen LogP contribution in [0.2, 0.25) is 5.02 Å². The minimum atomic E-state index is 0.228. The van der Waals surface area contributed by atoms with Crippen LogP contribution in [0.15, 0.2) is 30.5 Å². The highest BCUT2D eigenvalue weighted by Gasteiger charge is 1.98. The number of aliphatic hydroxyl groups is 1. The number of benzene rings is 1. The first-order valence-corrected chi connectivity index (χ1v) is 3.66. The second-order valence-corrected chi connectivity index (χ2v) is 2.60. The lowest BCUT2D eigenvalue weighted by Gasteiger charge is -1.95. The number of rotatable bonds is 1. The molecule has 0 radical (unpaired) electrons. The Morgan fingerprint density at radius 2 is 2.00 bits per heavy atom. The van der Waals surface area contributed by atoms with E-state index in [0.29, 0.717) is 10.6 Å². The zero-order valence-electron chi connectivity index (χ0n) is 6.16. The fourth-order valence-electron chi connectivity index (χ4n) is 0.797. The van der Waals surface area contributed by atoms with Crippen LogP contribution >= 0.6 is 11.6 Å². The highest BCUT2D eigenvalue weighted by molar-refractivity contribution is 6.30. The van der Waals surface area contributed by atoms with Gasteiger partial charge in [-0.15, -0.1) is 0 Å². The van der Waals surface area contributed by atoms with E-state index in [2.05, 4.69) is 0 Å². The minimum Gasteiger partial charge on any atom is -0.514 e. The van der Waals surface area contributed by atoms with Gasteiger partial charge in [-0.25, -0.2) is 0 Å². The molecule has 0 aromatic heterocycles. The highest BCUT2D eigenvalue weighted by Crippen LogP contribution is 2.15. The third-order valence-electron chi connectivity index (χ3n) is 1.40. The van der Waals surface area contributed by atoms with Gasteiger partial charge in [0.2, 0.25) is 0 Å². The molecule has 0 amide bonds. The fraction of sp³-hybridized carbons (Fsp3) is 0. The molecule has 0 atom stereocenters. The van der Waals surface area contributed by atoms with Crippen molar-refractivity contribution in [2.45, 2.75) is 0 Å². The molecule has 60 valence electrons. The molecule has 0 aliphatic rings. The molecule has 0 spiro atoms. The summed E-state index contributed by atoms with van der Waals surface area (Å²) in [6.07, 6.45) is 0.781. The SMILES string of the molecule is N#CC(=CO)c1ccc(Cl)cc1. The molecular formula is C9H6ClNO.